The van der Waals surface area contributed by atoms with Crippen LogP contribution in [0.2, 0.25) is 5.02 Å². The summed E-state index contributed by atoms with van der Waals surface area (Å²) < 4.78 is 13.4. The Balaban J connectivity index is 2.54. The van der Waals surface area contributed by atoms with Gasteiger partial charge in [0, 0.05) is 6.54 Å². The standard InChI is InChI=1S/C10H12ClFN2O3/c11-7-2-1-3-8(9(7)12)14-10(17)13-4-6(16)5-15/h1-3,6,15-16H,4-5H2,(H2,13,14,17). The lowest BCUT2D eigenvalue weighted by Gasteiger charge is -2.11. The molecule has 1 aromatic rings. The van der Waals surface area contributed by atoms with Crippen molar-refractivity contribution in [3.8, 4) is 0 Å². The normalized spacial score (nSPS) is 12.0. The van der Waals surface area contributed by atoms with Crippen molar-refractivity contribution >= 4 is 23.3 Å². The van der Waals surface area contributed by atoms with Gasteiger partial charge in [0.1, 0.15) is 0 Å². The zero-order valence-electron chi connectivity index (χ0n) is 8.78. The Kier molecular flexibility index (Phi) is 5.14. The number of benzene rings is 1. The first-order valence-corrected chi connectivity index (χ1v) is 5.20. The Hall–Kier alpha value is -1.37. The minimum absolute atomic E-state index is 0.0616. The molecule has 17 heavy (non-hydrogen) atoms. The zero-order valence-corrected chi connectivity index (χ0v) is 9.54. The first-order valence-electron chi connectivity index (χ1n) is 4.82. The number of rotatable bonds is 4. The van der Waals surface area contributed by atoms with Crippen LogP contribution in [-0.4, -0.2) is 35.5 Å². The monoisotopic (exact) mass is 262 g/mol. The molecule has 2 amide bonds. The first-order chi connectivity index (χ1) is 8.04. The Morgan fingerprint density at radius 3 is 2.88 bits per heavy atom. The van der Waals surface area contributed by atoms with E-state index in [0.717, 1.165) is 0 Å². The van der Waals surface area contributed by atoms with Crippen LogP contribution in [0.3, 0.4) is 0 Å². The van der Waals surface area contributed by atoms with E-state index in [9.17, 15) is 9.18 Å². The lowest BCUT2D eigenvalue weighted by molar-refractivity contribution is 0.0965. The maximum atomic E-state index is 13.4. The van der Waals surface area contributed by atoms with Gasteiger partial charge in [0.15, 0.2) is 5.82 Å². The SMILES string of the molecule is O=C(NCC(O)CO)Nc1cccc(Cl)c1F. The summed E-state index contributed by atoms with van der Waals surface area (Å²) in [6.45, 7) is -0.601. The quantitative estimate of drug-likeness (QED) is 0.652. The number of carbonyl (C=O) groups is 1. The van der Waals surface area contributed by atoms with Gasteiger partial charge >= 0.3 is 6.03 Å². The van der Waals surface area contributed by atoms with Crippen LogP contribution in [0.25, 0.3) is 0 Å². The highest BCUT2D eigenvalue weighted by molar-refractivity contribution is 6.31. The van der Waals surface area contributed by atoms with E-state index in [2.05, 4.69) is 10.6 Å². The molecular formula is C10H12ClFN2O3. The molecule has 4 N–H and O–H groups in total. The van der Waals surface area contributed by atoms with E-state index >= 15 is 0 Å². The predicted octanol–water partition coefficient (Wildman–Crippen LogP) is 0.954. The van der Waals surface area contributed by atoms with Gasteiger partial charge in [-0.15, -0.1) is 0 Å². The van der Waals surface area contributed by atoms with Gasteiger partial charge in [-0.25, -0.2) is 9.18 Å². The van der Waals surface area contributed by atoms with Gasteiger partial charge in [-0.3, -0.25) is 0 Å². The summed E-state index contributed by atoms with van der Waals surface area (Å²) >= 11 is 5.53. The van der Waals surface area contributed by atoms with E-state index < -0.39 is 24.6 Å². The first kappa shape index (κ1) is 13.7. The van der Waals surface area contributed by atoms with Gasteiger partial charge in [0.25, 0.3) is 0 Å². The van der Waals surface area contributed by atoms with Gasteiger partial charge in [-0.1, -0.05) is 17.7 Å². The van der Waals surface area contributed by atoms with Crippen molar-refractivity contribution in [2.24, 2.45) is 0 Å². The summed E-state index contributed by atoms with van der Waals surface area (Å²) in [6, 6.07) is 3.50. The second kappa shape index (κ2) is 6.39. The van der Waals surface area contributed by atoms with E-state index in [1.807, 2.05) is 0 Å². The fourth-order valence-corrected chi connectivity index (χ4v) is 1.22. The van der Waals surface area contributed by atoms with Crippen LogP contribution < -0.4 is 10.6 Å². The molecular weight excluding hydrogens is 251 g/mol. The molecule has 0 spiro atoms. The number of anilines is 1. The highest BCUT2D eigenvalue weighted by Crippen LogP contribution is 2.21. The zero-order chi connectivity index (χ0) is 12.8. The topological polar surface area (TPSA) is 81.6 Å². The van der Waals surface area contributed by atoms with Crippen LogP contribution in [-0.2, 0) is 0 Å². The number of hydrogen-bond acceptors (Lipinski definition) is 3. The Morgan fingerprint density at radius 1 is 1.53 bits per heavy atom. The summed E-state index contributed by atoms with van der Waals surface area (Å²) in [5.74, 6) is -0.730. The predicted molar refractivity (Wildman–Crippen MR) is 61.5 cm³/mol. The van der Waals surface area contributed by atoms with Gasteiger partial charge < -0.3 is 20.8 Å². The fourth-order valence-electron chi connectivity index (χ4n) is 1.04. The van der Waals surface area contributed by atoms with Crippen LogP contribution in [0.4, 0.5) is 14.9 Å². The molecule has 0 aliphatic carbocycles. The number of urea groups is 1. The molecule has 1 atom stereocenters. The number of carbonyl (C=O) groups excluding carboxylic acids is 1. The molecule has 0 aliphatic heterocycles. The molecule has 1 aromatic carbocycles. The average molecular weight is 263 g/mol. The van der Waals surface area contributed by atoms with Crippen molar-refractivity contribution in [2.75, 3.05) is 18.5 Å². The third-order valence-electron chi connectivity index (χ3n) is 1.91. The molecule has 94 valence electrons. The largest absolute Gasteiger partial charge is 0.394 e. The van der Waals surface area contributed by atoms with Crippen LogP contribution >= 0.6 is 11.6 Å². The molecule has 0 bridgehead atoms. The Bertz CT molecular complexity index is 403. The van der Waals surface area contributed by atoms with Gasteiger partial charge in [-0.2, -0.15) is 0 Å². The summed E-state index contributed by atoms with van der Waals surface area (Å²) in [6.07, 6.45) is -1.05. The minimum Gasteiger partial charge on any atom is -0.394 e. The van der Waals surface area contributed by atoms with Crippen LogP contribution in [0.1, 0.15) is 0 Å². The van der Waals surface area contributed by atoms with Crippen molar-refractivity contribution in [1.82, 2.24) is 5.32 Å². The van der Waals surface area contributed by atoms with Gasteiger partial charge in [-0.05, 0) is 12.1 Å². The molecule has 1 rings (SSSR count). The van der Waals surface area contributed by atoms with Gasteiger partial charge in [0.05, 0.1) is 23.4 Å². The lowest BCUT2D eigenvalue weighted by atomic mass is 10.3. The Morgan fingerprint density at radius 2 is 2.24 bits per heavy atom. The molecule has 7 heteroatoms. The highest BCUT2D eigenvalue weighted by Gasteiger charge is 2.10. The minimum atomic E-state index is -1.05. The summed E-state index contributed by atoms with van der Waals surface area (Å²) in [5.41, 5.74) is -0.0616. The molecule has 0 radical (unpaired) electrons. The number of hydrogen-bond donors (Lipinski definition) is 4. The Labute approximate surface area is 102 Å². The second-order valence-corrected chi connectivity index (χ2v) is 3.68. The van der Waals surface area contributed by atoms with E-state index in [-0.39, 0.29) is 17.3 Å². The molecule has 0 fully saturated rings. The molecule has 0 saturated carbocycles. The maximum Gasteiger partial charge on any atom is 0.319 e. The second-order valence-electron chi connectivity index (χ2n) is 3.27. The molecule has 0 saturated heterocycles. The number of nitrogens with one attached hydrogen (secondary N) is 2. The number of halogens is 2. The maximum absolute atomic E-state index is 13.4. The number of amides is 2. The van der Waals surface area contributed by atoms with E-state index in [1.54, 1.807) is 0 Å². The van der Waals surface area contributed by atoms with Crippen molar-refractivity contribution < 1.29 is 19.4 Å². The molecule has 0 aromatic heterocycles. The van der Waals surface area contributed by atoms with Crippen molar-refractivity contribution in [3.63, 3.8) is 0 Å². The number of aliphatic hydroxyl groups excluding tert-OH is 2. The van der Waals surface area contributed by atoms with E-state index in [1.165, 1.54) is 18.2 Å². The number of aliphatic hydroxyl groups is 2. The molecule has 5 nitrogen and oxygen atoms in total. The third kappa shape index (κ3) is 4.18. The summed E-state index contributed by atoms with van der Waals surface area (Å²) in [4.78, 5) is 11.3. The van der Waals surface area contributed by atoms with Crippen molar-refractivity contribution in [2.45, 2.75) is 6.10 Å². The lowest BCUT2D eigenvalue weighted by Crippen LogP contribution is -2.36. The molecule has 0 aliphatic rings. The average Bonchev–Trinajstić information content (AvgIpc) is 2.32. The molecule has 1 unspecified atom stereocenters. The van der Waals surface area contributed by atoms with Crippen LogP contribution in [0.15, 0.2) is 18.2 Å². The summed E-state index contributed by atoms with van der Waals surface area (Å²) in [7, 11) is 0. The van der Waals surface area contributed by atoms with E-state index in [4.69, 9.17) is 21.8 Å². The van der Waals surface area contributed by atoms with Gasteiger partial charge in [0.2, 0.25) is 0 Å². The van der Waals surface area contributed by atoms with E-state index in [0.29, 0.717) is 0 Å². The summed E-state index contributed by atoms with van der Waals surface area (Å²) in [5, 5.41) is 21.9. The van der Waals surface area contributed by atoms with Crippen molar-refractivity contribution in [3.05, 3.63) is 29.0 Å². The van der Waals surface area contributed by atoms with Crippen LogP contribution in [0.5, 0.6) is 0 Å². The third-order valence-corrected chi connectivity index (χ3v) is 2.20. The highest BCUT2D eigenvalue weighted by atomic mass is 35.5. The van der Waals surface area contributed by atoms with Crippen LogP contribution in [0, 0.1) is 5.82 Å². The smallest absolute Gasteiger partial charge is 0.319 e. The molecule has 0 heterocycles. The fraction of sp³-hybridized carbons (Fsp3) is 0.300. The van der Waals surface area contributed by atoms with Crippen molar-refractivity contribution in [1.29, 1.82) is 0 Å².